The third kappa shape index (κ3) is 3.59. The molecule has 1 unspecified atom stereocenters. The smallest absolute Gasteiger partial charge is 0.252 e. The first-order valence-electron chi connectivity index (χ1n) is 7.08. The summed E-state index contributed by atoms with van der Waals surface area (Å²) in [6.07, 6.45) is 0. The van der Waals surface area contributed by atoms with Crippen LogP contribution in [0.15, 0.2) is 54.6 Å². The molecule has 2 aromatic rings. The molecule has 114 valence electrons. The number of ketones is 1. The zero-order chi connectivity index (χ0) is 16.2. The molecule has 0 aliphatic heterocycles. The SMILES string of the molecule is CC(=O)c1ccccc1C(=O)NCC(C)(O)c1ccccc1. The van der Waals surface area contributed by atoms with Crippen LogP contribution in [0.1, 0.15) is 40.1 Å². The summed E-state index contributed by atoms with van der Waals surface area (Å²) in [5, 5.41) is 13.2. The van der Waals surface area contributed by atoms with E-state index in [1.807, 2.05) is 18.2 Å². The Morgan fingerprint density at radius 3 is 2.14 bits per heavy atom. The van der Waals surface area contributed by atoms with Gasteiger partial charge >= 0.3 is 0 Å². The number of amides is 1. The average Bonchev–Trinajstić information content (AvgIpc) is 2.53. The Morgan fingerprint density at radius 1 is 1.00 bits per heavy atom. The van der Waals surface area contributed by atoms with E-state index in [0.29, 0.717) is 11.1 Å². The molecular weight excluding hydrogens is 278 g/mol. The molecule has 22 heavy (non-hydrogen) atoms. The van der Waals surface area contributed by atoms with Gasteiger partial charge in [-0.05, 0) is 25.5 Å². The second-order valence-electron chi connectivity index (χ2n) is 5.42. The maximum Gasteiger partial charge on any atom is 0.252 e. The Labute approximate surface area is 129 Å². The zero-order valence-corrected chi connectivity index (χ0v) is 12.7. The van der Waals surface area contributed by atoms with Gasteiger partial charge in [0.05, 0.1) is 12.1 Å². The zero-order valence-electron chi connectivity index (χ0n) is 12.7. The van der Waals surface area contributed by atoms with Gasteiger partial charge in [-0.3, -0.25) is 9.59 Å². The van der Waals surface area contributed by atoms with Crippen molar-refractivity contribution in [3.05, 3.63) is 71.3 Å². The van der Waals surface area contributed by atoms with Crippen LogP contribution in [-0.2, 0) is 5.60 Å². The van der Waals surface area contributed by atoms with E-state index in [0.717, 1.165) is 5.56 Å². The number of hydrogen-bond donors (Lipinski definition) is 2. The fraction of sp³-hybridized carbons (Fsp3) is 0.222. The fourth-order valence-electron chi connectivity index (χ4n) is 2.24. The predicted molar refractivity (Wildman–Crippen MR) is 84.8 cm³/mol. The van der Waals surface area contributed by atoms with Crippen LogP contribution in [0.4, 0.5) is 0 Å². The molecule has 2 aromatic carbocycles. The number of carbonyl (C=O) groups excluding carboxylic acids is 2. The molecule has 0 saturated heterocycles. The Kier molecular flexibility index (Phi) is 4.73. The van der Waals surface area contributed by atoms with Gasteiger partial charge in [0.2, 0.25) is 0 Å². The molecule has 0 spiro atoms. The molecule has 1 atom stereocenters. The van der Waals surface area contributed by atoms with Crippen molar-refractivity contribution in [1.29, 1.82) is 0 Å². The van der Waals surface area contributed by atoms with Crippen LogP contribution < -0.4 is 5.32 Å². The van der Waals surface area contributed by atoms with Crippen molar-refractivity contribution in [3.63, 3.8) is 0 Å². The topological polar surface area (TPSA) is 66.4 Å². The van der Waals surface area contributed by atoms with Crippen LogP contribution in [0.3, 0.4) is 0 Å². The van der Waals surface area contributed by atoms with E-state index in [-0.39, 0.29) is 18.2 Å². The van der Waals surface area contributed by atoms with Crippen molar-refractivity contribution >= 4 is 11.7 Å². The van der Waals surface area contributed by atoms with Crippen molar-refractivity contribution in [3.8, 4) is 0 Å². The summed E-state index contributed by atoms with van der Waals surface area (Å²) in [7, 11) is 0. The molecule has 2 N–H and O–H groups in total. The molecule has 0 aromatic heterocycles. The summed E-state index contributed by atoms with van der Waals surface area (Å²) in [6, 6.07) is 15.8. The summed E-state index contributed by atoms with van der Waals surface area (Å²) < 4.78 is 0. The Balaban J connectivity index is 2.12. The third-order valence-electron chi connectivity index (χ3n) is 3.54. The van der Waals surface area contributed by atoms with E-state index in [1.165, 1.54) is 6.92 Å². The number of benzene rings is 2. The number of carbonyl (C=O) groups is 2. The van der Waals surface area contributed by atoms with E-state index < -0.39 is 5.60 Å². The monoisotopic (exact) mass is 297 g/mol. The van der Waals surface area contributed by atoms with Gasteiger partial charge in [0, 0.05) is 5.56 Å². The Bertz CT molecular complexity index is 678. The molecule has 0 aliphatic rings. The maximum atomic E-state index is 12.3. The van der Waals surface area contributed by atoms with Crippen molar-refractivity contribution in [2.45, 2.75) is 19.4 Å². The number of rotatable bonds is 5. The van der Waals surface area contributed by atoms with E-state index in [1.54, 1.807) is 43.3 Å². The first-order valence-corrected chi connectivity index (χ1v) is 7.08. The van der Waals surface area contributed by atoms with E-state index >= 15 is 0 Å². The molecule has 1 amide bonds. The van der Waals surface area contributed by atoms with Gasteiger partial charge in [-0.25, -0.2) is 0 Å². The van der Waals surface area contributed by atoms with Gasteiger partial charge in [-0.1, -0.05) is 48.5 Å². The highest BCUT2D eigenvalue weighted by Gasteiger charge is 2.24. The molecule has 2 rings (SSSR count). The molecule has 4 nitrogen and oxygen atoms in total. The van der Waals surface area contributed by atoms with Crippen molar-refractivity contribution < 1.29 is 14.7 Å². The lowest BCUT2D eigenvalue weighted by atomic mass is 9.96. The summed E-state index contributed by atoms with van der Waals surface area (Å²) in [5.74, 6) is -0.539. The normalized spacial score (nSPS) is 13.2. The molecule has 0 radical (unpaired) electrons. The van der Waals surface area contributed by atoms with Crippen molar-refractivity contribution in [2.75, 3.05) is 6.54 Å². The highest BCUT2D eigenvalue weighted by atomic mass is 16.3. The van der Waals surface area contributed by atoms with Gasteiger partial charge in [0.1, 0.15) is 5.60 Å². The predicted octanol–water partition coefficient (Wildman–Crippen LogP) is 2.53. The standard InChI is InChI=1S/C18H19NO3/c1-13(20)15-10-6-7-11-16(15)17(21)19-12-18(2,22)14-8-4-3-5-9-14/h3-11,22H,12H2,1-2H3,(H,19,21). The van der Waals surface area contributed by atoms with Gasteiger partial charge in [-0.15, -0.1) is 0 Å². The van der Waals surface area contributed by atoms with Crippen LogP contribution in [0.5, 0.6) is 0 Å². The molecular formula is C18H19NO3. The lowest BCUT2D eigenvalue weighted by Crippen LogP contribution is -2.39. The second-order valence-corrected chi connectivity index (χ2v) is 5.42. The van der Waals surface area contributed by atoms with Crippen molar-refractivity contribution in [2.24, 2.45) is 0 Å². The van der Waals surface area contributed by atoms with E-state index in [2.05, 4.69) is 5.32 Å². The first kappa shape index (κ1) is 15.9. The summed E-state index contributed by atoms with van der Waals surface area (Å²) >= 11 is 0. The minimum absolute atomic E-state index is 0.0576. The number of nitrogens with one attached hydrogen (secondary N) is 1. The van der Waals surface area contributed by atoms with Gasteiger partial charge in [-0.2, -0.15) is 0 Å². The first-order chi connectivity index (χ1) is 10.4. The highest BCUT2D eigenvalue weighted by Crippen LogP contribution is 2.19. The lowest BCUT2D eigenvalue weighted by molar-refractivity contribution is 0.0526. The number of hydrogen-bond acceptors (Lipinski definition) is 3. The quantitative estimate of drug-likeness (QED) is 0.833. The summed E-state index contributed by atoms with van der Waals surface area (Å²) in [5.41, 5.74) is 0.232. The largest absolute Gasteiger partial charge is 0.384 e. The molecule has 0 heterocycles. The third-order valence-corrected chi connectivity index (χ3v) is 3.54. The lowest BCUT2D eigenvalue weighted by Gasteiger charge is -2.24. The summed E-state index contributed by atoms with van der Waals surface area (Å²) in [4.78, 5) is 23.8. The van der Waals surface area contributed by atoms with E-state index in [4.69, 9.17) is 0 Å². The van der Waals surface area contributed by atoms with Crippen LogP contribution in [0, 0.1) is 0 Å². The molecule has 0 fully saturated rings. The van der Waals surface area contributed by atoms with Gasteiger partial charge in [0.25, 0.3) is 5.91 Å². The minimum Gasteiger partial charge on any atom is -0.384 e. The molecule has 0 bridgehead atoms. The van der Waals surface area contributed by atoms with Crippen LogP contribution in [0.25, 0.3) is 0 Å². The number of Topliss-reactive ketones (excluding diaryl/α,β-unsaturated/α-hetero) is 1. The van der Waals surface area contributed by atoms with Gasteiger partial charge < -0.3 is 10.4 Å². The van der Waals surface area contributed by atoms with Crippen LogP contribution in [-0.4, -0.2) is 23.3 Å². The summed E-state index contributed by atoms with van der Waals surface area (Å²) in [6.45, 7) is 3.12. The Morgan fingerprint density at radius 2 is 1.55 bits per heavy atom. The maximum absolute atomic E-state index is 12.3. The van der Waals surface area contributed by atoms with Crippen LogP contribution in [0.2, 0.25) is 0 Å². The minimum atomic E-state index is -1.18. The van der Waals surface area contributed by atoms with E-state index in [9.17, 15) is 14.7 Å². The number of aliphatic hydroxyl groups is 1. The fourth-order valence-corrected chi connectivity index (χ4v) is 2.24. The molecule has 0 saturated carbocycles. The van der Waals surface area contributed by atoms with Crippen molar-refractivity contribution in [1.82, 2.24) is 5.32 Å². The highest BCUT2D eigenvalue weighted by molar-refractivity contribution is 6.07. The van der Waals surface area contributed by atoms with Gasteiger partial charge in [0.15, 0.2) is 5.78 Å². The molecule has 0 aliphatic carbocycles. The van der Waals surface area contributed by atoms with Crippen LogP contribution >= 0.6 is 0 Å². The average molecular weight is 297 g/mol. The Hall–Kier alpha value is -2.46. The second kappa shape index (κ2) is 6.54. The molecule has 4 heteroatoms.